The highest BCUT2D eigenvalue weighted by Gasteiger charge is 2.33. The SMILES string of the molecule is Cc1c(C#Cc2cnn(CCCC#Cc3ccc(C=O)c(C(=O)N(C)C4CCC(=O)NC4=O)c3)c2)sc2c1C(c1ccc(Cl)cc1)=NCc1nnc(C)n1-2. The molecule has 0 aliphatic carbocycles. The fourth-order valence-corrected chi connectivity index (χ4v) is 7.73. The Labute approximate surface area is 320 Å². The average molecular weight is 757 g/mol. The van der Waals surface area contributed by atoms with Gasteiger partial charge in [-0.05, 0) is 62.6 Å². The molecule has 2 aromatic carbocycles. The number of carbonyl (C=O) groups excluding carboxylic acids is 4. The van der Waals surface area contributed by atoms with Gasteiger partial charge in [-0.2, -0.15) is 5.10 Å². The van der Waals surface area contributed by atoms with Crippen LogP contribution in [-0.4, -0.2) is 72.3 Å². The second-order valence-electron chi connectivity index (χ2n) is 12.9. The van der Waals surface area contributed by atoms with Crippen LogP contribution in [0, 0.1) is 37.5 Å². The zero-order valence-electron chi connectivity index (χ0n) is 29.6. The predicted octanol–water partition coefficient (Wildman–Crippen LogP) is 5.07. The summed E-state index contributed by atoms with van der Waals surface area (Å²) in [5, 5.41) is 17.1. The van der Waals surface area contributed by atoms with Crippen molar-refractivity contribution in [1.29, 1.82) is 0 Å². The predicted molar refractivity (Wildman–Crippen MR) is 204 cm³/mol. The van der Waals surface area contributed by atoms with Gasteiger partial charge < -0.3 is 4.90 Å². The second-order valence-corrected chi connectivity index (χ2v) is 14.3. The monoisotopic (exact) mass is 756 g/mol. The molecule has 3 aromatic heterocycles. The van der Waals surface area contributed by atoms with Crippen LogP contribution in [0.5, 0.6) is 0 Å². The van der Waals surface area contributed by atoms with Gasteiger partial charge in [0.25, 0.3) is 5.91 Å². The molecule has 0 saturated carbocycles. The number of likely N-dealkylation sites (N-methyl/N-ethyl adjacent to an activating group) is 1. The van der Waals surface area contributed by atoms with Crippen LogP contribution in [0.1, 0.15) is 90.7 Å². The van der Waals surface area contributed by atoms with Crippen LogP contribution in [0.2, 0.25) is 5.02 Å². The Balaban J connectivity index is 1.01. The van der Waals surface area contributed by atoms with Crippen LogP contribution in [0.4, 0.5) is 0 Å². The average Bonchev–Trinajstić information content (AvgIpc) is 3.84. The number of nitrogens with zero attached hydrogens (tertiary/aromatic N) is 7. The van der Waals surface area contributed by atoms with Gasteiger partial charge >= 0.3 is 0 Å². The molecule has 0 bridgehead atoms. The molecular weight excluding hydrogens is 724 g/mol. The largest absolute Gasteiger partial charge is 0.330 e. The molecule has 5 heterocycles. The van der Waals surface area contributed by atoms with Gasteiger partial charge in [-0.15, -0.1) is 21.5 Å². The maximum absolute atomic E-state index is 13.3. The minimum absolute atomic E-state index is 0.138. The molecule has 270 valence electrons. The summed E-state index contributed by atoms with van der Waals surface area (Å²) in [7, 11) is 1.49. The quantitative estimate of drug-likeness (QED) is 0.106. The van der Waals surface area contributed by atoms with Gasteiger partial charge in [-0.1, -0.05) is 47.4 Å². The number of hydrogen-bond acceptors (Lipinski definition) is 9. The number of aliphatic imine (C=N–C) groups is 1. The number of amides is 3. The Morgan fingerprint density at radius 1 is 1.09 bits per heavy atom. The summed E-state index contributed by atoms with van der Waals surface area (Å²) in [4.78, 5) is 56.0. The molecule has 14 heteroatoms. The molecular formula is C40H33ClN8O4S. The number of aldehydes is 1. The van der Waals surface area contributed by atoms with Crippen molar-refractivity contribution < 1.29 is 19.2 Å². The second kappa shape index (κ2) is 15.4. The minimum atomic E-state index is -0.801. The molecule has 7 rings (SSSR count). The lowest BCUT2D eigenvalue weighted by molar-refractivity contribution is -0.136. The highest BCUT2D eigenvalue weighted by molar-refractivity contribution is 7.15. The number of nitrogens with one attached hydrogen (secondary N) is 1. The van der Waals surface area contributed by atoms with E-state index in [1.54, 1.807) is 35.7 Å². The van der Waals surface area contributed by atoms with Gasteiger partial charge in [0.05, 0.1) is 27.9 Å². The van der Waals surface area contributed by atoms with E-state index in [1.165, 1.54) is 11.9 Å². The molecule has 12 nitrogen and oxygen atoms in total. The Kier molecular flexibility index (Phi) is 10.4. The number of rotatable bonds is 7. The van der Waals surface area contributed by atoms with Crippen LogP contribution in [0.25, 0.3) is 5.00 Å². The fourth-order valence-electron chi connectivity index (χ4n) is 6.38. The van der Waals surface area contributed by atoms with Crippen LogP contribution in [-0.2, 0) is 22.7 Å². The Morgan fingerprint density at radius 3 is 2.69 bits per heavy atom. The molecule has 1 atom stereocenters. The zero-order chi connectivity index (χ0) is 37.9. The highest BCUT2D eigenvalue weighted by Crippen LogP contribution is 2.36. The summed E-state index contributed by atoms with van der Waals surface area (Å²) in [5.74, 6) is 13.0. The van der Waals surface area contributed by atoms with Crippen molar-refractivity contribution in [2.24, 2.45) is 4.99 Å². The summed E-state index contributed by atoms with van der Waals surface area (Å²) in [6.07, 6.45) is 5.90. The first-order valence-corrected chi connectivity index (χ1v) is 18.4. The lowest BCUT2D eigenvalue weighted by Crippen LogP contribution is -2.53. The number of fused-ring (bicyclic) bond motifs is 3. The number of halogens is 1. The number of thiophene rings is 1. The molecule has 0 radical (unpaired) electrons. The van der Waals surface area contributed by atoms with Gasteiger partial charge in [0, 0.05) is 59.9 Å². The number of unbranched alkanes of at least 4 members (excludes halogenated alkanes) is 1. The van der Waals surface area contributed by atoms with Crippen LogP contribution < -0.4 is 5.32 Å². The van der Waals surface area contributed by atoms with Crippen molar-refractivity contribution in [2.75, 3.05) is 7.05 Å². The first-order chi connectivity index (χ1) is 26.1. The summed E-state index contributed by atoms with van der Waals surface area (Å²) in [6, 6.07) is 11.7. The molecule has 1 N–H and O–H groups in total. The third kappa shape index (κ3) is 7.37. The smallest absolute Gasteiger partial charge is 0.255 e. The molecule has 1 unspecified atom stereocenters. The molecule has 54 heavy (non-hydrogen) atoms. The van der Waals surface area contributed by atoms with E-state index in [9.17, 15) is 19.2 Å². The number of hydrogen-bond donors (Lipinski definition) is 1. The third-order valence-corrected chi connectivity index (χ3v) is 10.7. The van der Waals surface area contributed by atoms with Crippen molar-refractivity contribution in [2.45, 2.75) is 58.7 Å². The van der Waals surface area contributed by atoms with E-state index < -0.39 is 17.9 Å². The fraction of sp³-hybridized carbons (Fsp3) is 0.250. The highest BCUT2D eigenvalue weighted by atomic mass is 35.5. The minimum Gasteiger partial charge on any atom is -0.330 e. The molecule has 1 saturated heterocycles. The Hall–Kier alpha value is -6.15. The maximum Gasteiger partial charge on any atom is 0.255 e. The first kappa shape index (κ1) is 36.2. The van der Waals surface area contributed by atoms with Crippen LogP contribution >= 0.6 is 22.9 Å². The van der Waals surface area contributed by atoms with Crippen LogP contribution in [0.3, 0.4) is 0 Å². The van der Waals surface area contributed by atoms with Gasteiger partial charge in [0.15, 0.2) is 12.1 Å². The Morgan fingerprint density at radius 2 is 1.91 bits per heavy atom. The number of imide groups is 1. The number of carbonyl (C=O) groups is 4. The number of aromatic nitrogens is 5. The summed E-state index contributed by atoms with van der Waals surface area (Å²) >= 11 is 7.78. The summed E-state index contributed by atoms with van der Waals surface area (Å²) in [6.45, 7) is 5.04. The third-order valence-electron chi connectivity index (χ3n) is 9.24. The van der Waals surface area contributed by atoms with Crippen molar-refractivity contribution >= 4 is 52.7 Å². The lowest BCUT2D eigenvalue weighted by atomic mass is 10.00. The summed E-state index contributed by atoms with van der Waals surface area (Å²) in [5.41, 5.74) is 5.57. The summed E-state index contributed by atoms with van der Waals surface area (Å²) < 4.78 is 3.90. The van der Waals surface area contributed by atoms with Gasteiger partial charge in [-0.25, -0.2) is 0 Å². The van der Waals surface area contributed by atoms with E-state index >= 15 is 0 Å². The number of piperidine rings is 1. The Bertz CT molecular complexity index is 2490. The van der Waals surface area contributed by atoms with E-state index in [4.69, 9.17) is 16.6 Å². The molecule has 5 aromatic rings. The molecule has 2 aliphatic heterocycles. The van der Waals surface area contributed by atoms with Crippen LogP contribution in [0.15, 0.2) is 59.9 Å². The number of aryl methyl sites for hydroxylation is 2. The molecule has 2 aliphatic rings. The van der Waals surface area contributed by atoms with Gasteiger partial charge in [-0.3, -0.25) is 38.7 Å². The van der Waals surface area contributed by atoms with Crippen molar-refractivity contribution in [3.05, 3.63) is 115 Å². The van der Waals surface area contributed by atoms with E-state index in [2.05, 4.69) is 55.8 Å². The van der Waals surface area contributed by atoms with E-state index in [-0.39, 0.29) is 29.9 Å². The van der Waals surface area contributed by atoms with E-state index in [0.717, 1.165) is 55.9 Å². The maximum atomic E-state index is 13.3. The molecule has 3 amide bonds. The van der Waals surface area contributed by atoms with E-state index in [1.807, 2.05) is 42.1 Å². The van der Waals surface area contributed by atoms with Crippen molar-refractivity contribution in [1.82, 2.24) is 34.8 Å². The van der Waals surface area contributed by atoms with Gasteiger partial charge in [0.2, 0.25) is 11.8 Å². The van der Waals surface area contributed by atoms with Gasteiger partial charge in [0.1, 0.15) is 23.4 Å². The normalized spacial score (nSPS) is 14.7. The van der Waals surface area contributed by atoms with E-state index in [0.29, 0.717) is 36.4 Å². The first-order valence-electron chi connectivity index (χ1n) is 17.2. The zero-order valence-corrected chi connectivity index (χ0v) is 31.2. The standard InChI is InChI=1S/C40H33ClN8O4S/c1-24-33(54-40-36(24)37(28-11-13-30(41)14-12-28)42-21-34-46-45-25(2)49(34)40)16-9-27-20-43-48(22-27)18-6-4-5-7-26-8-10-29(23-50)31(19-26)39(53)47(3)32-15-17-35(51)44-38(32)52/h8,10-14,19-20,22-23,32H,4,6,15,17-18,21H2,1-3H3,(H,44,51,52). The lowest BCUT2D eigenvalue weighted by Gasteiger charge is -2.30. The molecule has 0 spiro atoms. The van der Waals surface area contributed by atoms with Crippen molar-refractivity contribution in [3.8, 4) is 28.7 Å². The number of benzene rings is 2. The van der Waals surface area contributed by atoms with Crippen molar-refractivity contribution in [3.63, 3.8) is 0 Å². The topological polar surface area (TPSA) is 144 Å². The molecule has 1 fully saturated rings.